The van der Waals surface area contributed by atoms with Crippen LogP contribution >= 0.6 is 34.4 Å². The van der Waals surface area contributed by atoms with Crippen molar-refractivity contribution in [3.8, 4) is 26.9 Å². The molecule has 0 aliphatic carbocycles. The topological polar surface area (TPSA) is 103 Å². The molecule has 0 fully saturated rings. The van der Waals surface area contributed by atoms with Crippen LogP contribution in [0.15, 0.2) is 41.4 Å². The van der Waals surface area contributed by atoms with E-state index < -0.39 is 0 Å². The average Bonchev–Trinajstić information content (AvgIpc) is 3.44. The number of methoxy groups -OCH3 is 1. The van der Waals surface area contributed by atoms with E-state index in [4.69, 9.17) is 4.74 Å². The summed E-state index contributed by atoms with van der Waals surface area (Å²) in [6.45, 7) is 3.96. The van der Waals surface area contributed by atoms with Gasteiger partial charge in [-0.1, -0.05) is 42.2 Å². The highest BCUT2D eigenvalue weighted by Crippen LogP contribution is 2.35. The summed E-state index contributed by atoms with van der Waals surface area (Å²) in [6, 6.07) is 11.6. The number of aryl methyl sites for hydroxylation is 2. The number of anilines is 1. The van der Waals surface area contributed by atoms with Crippen LogP contribution in [-0.2, 0) is 11.2 Å². The van der Waals surface area contributed by atoms with Crippen LogP contribution in [0.25, 0.3) is 21.1 Å². The van der Waals surface area contributed by atoms with Gasteiger partial charge in [0.15, 0.2) is 0 Å². The molecule has 164 valence electrons. The maximum atomic E-state index is 12.1. The first-order valence-corrected chi connectivity index (χ1v) is 12.4. The molecule has 0 bridgehead atoms. The van der Waals surface area contributed by atoms with Crippen molar-refractivity contribution < 1.29 is 9.53 Å². The van der Waals surface area contributed by atoms with E-state index in [2.05, 4.69) is 30.7 Å². The van der Waals surface area contributed by atoms with Gasteiger partial charge in [-0.25, -0.2) is 4.98 Å². The van der Waals surface area contributed by atoms with Gasteiger partial charge in [-0.05, 0) is 37.6 Å². The third kappa shape index (κ3) is 5.29. The summed E-state index contributed by atoms with van der Waals surface area (Å²) < 4.78 is 5.31. The molecule has 3 heterocycles. The standard InChI is InChI=1S/C21H20N6O2S3/c1-4-17-25-27-21(31-17)23-16(28)11-30-18-9-8-15(24-26-18)19-12(2)22-20(32-19)13-6-5-7-14(10-13)29-3/h5-10H,4,11H2,1-3H3,(H,23,27,28). The first kappa shape index (κ1) is 22.3. The molecule has 4 rings (SSSR count). The van der Waals surface area contributed by atoms with Crippen molar-refractivity contribution in [2.45, 2.75) is 25.3 Å². The number of aromatic nitrogens is 5. The number of carbonyl (C=O) groups excluding carboxylic acids is 1. The average molecular weight is 485 g/mol. The molecule has 8 nitrogen and oxygen atoms in total. The first-order chi connectivity index (χ1) is 15.6. The lowest BCUT2D eigenvalue weighted by atomic mass is 10.2. The highest BCUT2D eigenvalue weighted by atomic mass is 32.2. The van der Waals surface area contributed by atoms with Crippen LogP contribution in [0.1, 0.15) is 17.6 Å². The van der Waals surface area contributed by atoms with Crippen molar-refractivity contribution in [2.75, 3.05) is 18.2 Å². The molecule has 0 radical (unpaired) electrons. The molecule has 0 atom stereocenters. The fraction of sp³-hybridized carbons (Fsp3) is 0.238. The minimum Gasteiger partial charge on any atom is -0.497 e. The molecule has 0 saturated carbocycles. The highest BCUT2D eigenvalue weighted by molar-refractivity contribution is 7.99. The Hall–Kier alpha value is -2.89. The van der Waals surface area contributed by atoms with Crippen molar-refractivity contribution in [1.29, 1.82) is 0 Å². The molecule has 11 heteroatoms. The highest BCUT2D eigenvalue weighted by Gasteiger charge is 2.14. The molecule has 1 amide bonds. The Bertz CT molecular complexity index is 1220. The third-order valence-corrected chi connectivity index (χ3v) is 7.48. The van der Waals surface area contributed by atoms with E-state index in [-0.39, 0.29) is 11.7 Å². The molecule has 1 aromatic carbocycles. The van der Waals surface area contributed by atoms with Crippen molar-refractivity contribution in [2.24, 2.45) is 0 Å². The van der Waals surface area contributed by atoms with Crippen LogP contribution < -0.4 is 10.1 Å². The third-order valence-electron chi connectivity index (χ3n) is 4.35. The molecule has 32 heavy (non-hydrogen) atoms. The van der Waals surface area contributed by atoms with Crippen LogP contribution in [0, 0.1) is 6.92 Å². The molecule has 0 aliphatic heterocycles. The number of thiazole rings is 1. The molecule has 1 N–H and O–H groups in total. The second kappa shape index (κ2) is 10.2. The molecule has 4 aromatic rings. The van der Waals surface area contributed by atoms with Gasteiger partial charge in [0.2, 0.25) is 11.0 Å². The minimum absolute atomic E-state index is 0.152. The Kier molecular flexibility index (Phi) is 7.08. The summed E-state index contributed by atoms with van der Waals surface area (Å²) in [6.07, 6.45) is 0.796. The number of rotatable bonds is 8. The van der Waals surface area contributed by atoms with Gasteiger partial charge in [-0.3, -0.25) is 10.1 Å². The monoisotopic (exact) mass is 484 g/mol. The van der Waals surface area contributed by atoms with Gasteiger partial charge < -0.3 is 4.74 Å². The van der Waals surface area contributed by atoms with Crippen LogP contribution in [-0.4, -0.2) is 44.1 Å². The van der Waals surface area contributed by atoms with Gasteiger partial charge >= 0.3 is 0 Å². The van der Waals surface area contributed by atoms with E-state index >= 15 is 0 Å². The first-order valence-electron chi connectivity index (χ1n) is 9.76. The normalized spacial score (nSPS) is 10.8. The maximum absolute atomic E-state index is 12.1. The van der Waals surface area contributed by atoms with E-state index in [0.717, 1.165) is 44.0 Å². The van der Waals surface area contributed by atoms with Gasteiger partial charge in [0.05, 0.1) is 23.4 Å². The number of amides is 1. The van der Waals surface area contributed by atoms with Crippen molar-refractivity contribution in [3.05, 3.63) is 47.1 Å². The molecular weight excluding hydrogens is 464 g/mol. The fourth-order valence-electron chi connectivity index (χ4n) is 2.77. The SMILES string of the molecule is CCc1nnc(NC(=O)CSc2ccc(-c3sc(-c4cccc(OC)c4)nc3C)nn2)s1. The summed E-state index contributed by atoms with van der Waals surface area (Å²) in [5.74, 6) is 0.856. The van der Waals surface area contributed by atoms with Gasteiger partial charge in [-0.15, -0.1) is 31.7 Å². The number of hydrogen-bond acceptors (Lipinski definition) is 10. The van der Waals surface area contributed by atoms with Crippen LogP contribution in [0.4, 0.5) is 5.13 Å². The Morgan fingerprint density at radius 1 is 1.12 bits per heavy atom. The maximum Gasteiger partial charge on any atom is 0.236 e. The van der Waals surface area contributed by atoms with E-state index in [0.29, 0.717) is 10.2 Å². The zero-order valence-corrected chi connectivity index (χ0v) is 20.1. The number of hydrogen-bond donors (Lipinski definition) is 1. The van der Waals surface area contributed by atoms with Crippen LogP contribution in [0.3, 0.4) is 0 Å². The van der Waals surface area contributed by atoms with Crippen molar-refractivity contribution in [3.63, 3.8) is 0 Å². The van der Waals surface area contributed by atoms with Gasteiger partial charge in [0.25, 0.3) is 0 Å². The Morgan fingerprint density at radius 3 is 2.72 bits per heavy atom. The summed E-state index contributed by atoms with van der Waals surface area (Å²) in [4.78, 5) is 17.8. The fourth-order valence-corrected chi connectivity index (χ4v) is 5.11. The molecule has 0 spiro atoms. The Balaban J connectivity index is 1.40. The number of nitrogens with one attached hydrogen (secondary N) is 1. The summed E-state index contributed by atoms with van der Waals surface area (Å²) >= 11 is 4.26. The lowest BCUT2D eigenvalue weighted by Gasteiger charge is -2.02. The molecule has 0 saturated heterocycles. The molecule has 0 aliphatic rings. The summed E-state index contributed by atoms with van der Waals surface area (Å²) in [7, 11) is 1.65. The summed E-state index contributed by atoms with van der Waals surface area (Å²) in [5, 5.41) is 22.3. The van der Waals surface area contributed by atoms with Crippen LogP contribution in [0.5, 0.6) is 5.75 Å². The lowest BCUT2D eigenvalue weighted by molar-refractivity contribution is -0.113. The predicted molar refractivity (Wildman–Crippen MR) is 129 cm³/mol. The van der Waals surface area contributed by atoms with Crippen LogP contribution in [0.2, 0.25) is 0 Å². The number of benzene rings is 1. The second-order valence-corrected chi connectivity index (χ2v) is 9.67. The minimum atomic E-state index is -0.152. The Morgan fingerprint density at radius 2 is 2.00 bits per heavy atom. The number of ether oxygens (including phenoxy) is 1. The molecule has 0 unspecified atom stereocenters. The zero-order valence-electron chi connectivity index (χ0n) is 17.7. The van der Waals surface area contributed by atoms with Gasteiger partial charge in [0.1, 0.15) is 26.5 Å². The van der Waals surface area contributed by atoms with Gasteiger partial charge in [0, 0.05) is 5.56 Å². The zero-order chi connectivity index (χ0) is 22.5. The lowest BCUT2D eigenvalue weighted by Crippen LogP contribution is -2.14. The van der Waals surface area contributed by atoms with E-state index in [1.54, 1.807) is 18.4 Å². The number of nitrogens with zero attached hydrogens (tertiary/aromatic N) is 5. The van der Waals surface area contributed by atoms with Crippen molar-refractivity contribution in [1.82, 2.24) is 25.4 Å². The molecule has 3 aromatic heterocycles. The quantitative estimate of drug-likeness (QED) is 0.358. The van der Waals surface area contributed by atoms with E-state index in [1.165, 1.54) is 23.1 Å². The van der Waals surface area contributed by atoms with Crippen molar-refractivity contribution >= 4 is 45.5 Å². The summed E-state index contributed by atoms with van der Waals surface area (Å²) in [5.41, 5.74) is 2.64. The smallest absolute Gasteiger partial charge is 0.236 e. The number of thioether (sulfide) groups is 1. The number of carbonyl (C=O) groups is 1. The van der Waals surface area contributed by atoms with Gasteiger partial charge in [-0.2, -0.15) is 0 Å². The van der Waals surface area contributed by atoms with E-state index in [1.807, 2.05) is 50.2 Å². The predicted octanol–water partition coefficient (Wildman–Crippen LogP) is 4.73. The Labute approximate surface area is 197 Å². The second-order valence-electron chi connectivity index (χ2n) is 6.61. The largest absolute Gasteiger partial charge is 0.497 e. The van der Waals surface area contributed by atoms with E-state index in [9.17, 15) is 4.79 Å². The molecular formula is C21H20N6O2S3.